The molecular weight excluding hydrogens is 447 g/mol. The third kappa shape index (κ3) is 4.81. The van der Waals surface area contributed by atoms with E-state index < -0.39 is 34.5 Å². The number of nitrogens with zero attached hydrogens (tertiary/aromatic N) is 1. The molecule has 1 amide bonds. The van der Waals surface area contributed by atoms with E-state index in [0.717, 1.165) is 24.3 Å². The van der Waals surface area contributed by atoms with Gasteiger partial charge in [0.25, 0.3) is 5.91 Å². The summed E-state index contributed by atoms with van der Waals surface area (Å²) in [6.45, 7) is 4.96. The lowest BCUT2D eigenvalue weighted by Gasteiger charge is -2.44. The number of hydrogen-bond acceptors (Lipinski definition) is 4. The van der Waals surface area contributed by atoms with Crippen molar-refractivity contribution in [3.63, 3.8) is 0 Å². The highest BCUT2D eigenvalue weighted by Crippen LogP contribution is 2.41. The average molecular weight is 472 g/mol. The second-order valence-corrected chi connectivity index (χ2v) is 7.34. The molecule has 2 aromatic carbocycles. The number of alkyl halides is 3. The van der Waals surface area contributed by atoms with Crippen LogP contribution in [-0.4, -0.2) is 44.9 Å². The summed E-state index contributed by atoms with van der Waals surface area (Å²) < 4.78 is 79.8. The maximum absolute atomic E-state index is 15.1. The number of rotatable bonds is 3. The molecule has 0 spiro atoms. The summed E-state index contributed by atoms with van der Waals surface area (Å²) in [5.74, 6) is -2.90. The van der Waals surface area contributed by atoms with E-state index in [1.807, 2.05) is 13.8 Å². The van der Waals surface area contributed by atoms with E-state index >= 15 is 4.39 Å². The number of nitrogens with one attached hydrogen (secondary N) is 1. The van der Waals surface area contributed by atoms with Gasteiger partial charge in [-0.1, -0.05) is 26.0 Å². The van der Waals surface area contributed by atoms with E-state index in [4.69, 9.17) is 9.47 Å². The monoisotopic (exact) mass is 472 g/mol. The van der Waals surface area contributed by atoms with E-state index in [1.165, 1.54) is 12.0 Å². The first-order chi connectivity index (χ1) is 15.7. The molecule has 0 unspecified atom stereocenters. The number of methoxy groups -OCH3 is 1. The molecule has 2 saturated heterocycles. The second-order valence-electron chi connectivity index (χ2n) is 7.34. The van der Waals surface area contributed by atoms with Crippen LogP contribution in [0.2, 0.25) is 0 Å². The molecule has 5 nitrogen and oxygen atoms in total. The molecule has 4 rings (SSSR count). The van der Waals surface area contributed by atoms with Gasteiger partial charge in [-0.15, -0.1) is 0 Å². The summed E-state index contributed by atoms with van der Waals surface area (Å²) in [7, 11) is 1.29. The molecule has 0 radical (unpaired) electrons. The minimum absolute atomic E-state index is 0.0424. The van der Waals surface area contributed by atoms with Gasteiger partial charge in [-0.2, -0.15) is 13.2 Å². The number of anilines is 1. The lowest BCUT2D eigenvalue weighted by atomic mass is 9.96. The largest absolute Gasteiger partial charge is 0.495 e. The SMILES string of the molecule is CC.COc1cc(-c2cccc(C(F)(F)F)c2F)c(F)cc1N1C(=O)CO[C@@H]2CNCC[C@H]21. The first-order valence-electron chi connectivity index (χ1n) is 10.6. The predicted octanol–water partition coefficient (Wildman–Crippen LogP) is 4.78. The number of benzene rings is 2. The zero-order valence-corrected chi connectivity index (χ0v) is 18.4. The van der Waals surface area contributed by atoms with Gasteiger partial charge in [0.05, 0.1) is 30.5 Å². The molecule has 2 fully saturated rings. The number of fused-ring (bicyclic) bond motifs is 1. The van der Waals surface area contributed by atoms with Crippen molar-refractivity contribution >= 4 is 11.6 Å². The van der Waals surface area contributed by atoms with Gasteiger partial charge in [-0.3, -0.25) is 4.79 Å². The molecular formula is C23H25F5N2O3. The fourth-order valence-electron chi connectivity index (χ4n) is 4.09. The molecule has 33 heavy (non-hydrogen) atoms. The molecule has 10 heteroatoms. The Balaban J connectivity index is 0.00000149. The number of amides is 1. The molecule has 180 valence electrons. The molecule has 0 saturated carbocycles. The van der Waals surface area contributed by atoms with Crippen LogP contribution in [0.5, 0.6) is 5.75 Å². The number of carbonyl (C=O) groups excluding carboxylic acids is 1. The van der Waals surface area contributed by atoms with Gasteiger partial charge in [0.15, 0.2) is 0 Å². The van der Waals surface area contributed by atoms with Crippen LogP contribution in [0.25, 0.3) is 11.1 Å². The van der Waals surface area contributed by atoms with Crippen molar-refractivity contribution in [2.24, 2.45) is 0 Å². The fourth-order valence-corrected chi connectivity index (χ4v) is 4.09. The number of carbonyl (C=O) groups is 1. The van der Waals surface area contributed by atoms with Crippen molar-refractivity contribution in [2.45, 2.75) is 38.6 Å². The maximum atomic E-state index is 15.1. The third-order valence-corrected chi connectivity index (χ3v) is 5.54. The Kier molecular flexibility index (Phi) is 7.58. The quantitative estimate of drug-likeness (QED) is 0.654. The third-order valence-electron chi connectivity index (χ3n) is 5.54. The summed E-state index contributed by atoms with van der Waals surface area (Å²) in [5.41, 5.74) is -2.31. The smallest absolute Gasteiger partial charge is 0.419 e. The van der Waals surface area contributed by atoms with E-state index in [2.05, 4.69) is 5.32 Å². The Bertz CT molecular complexity index is 1010. The zero-order chi connectivity index (χ0) is 24.3. The molecule has 2 aromatic rings. The number of morpholine rings is 1. The summed E-state index contributed by atoms with van der Waals surface area (Å²) in [6, 6.07) is 4.41. The Morgan fingerprint density at radius 3 is 2.55 bits per heavy atom. The lowest BCUT2D eigenvalue weighted by Crippen LogP contribution is -2.61. The van der Waals surface area contributed by atoms with Crippen LogP contribution in [-0.2, 0) is 15.7 Å². The van der Waals surface area contributed by atoms with Crippen molar-refractivity contribution in [1.29, 1.82) is 0 Å². The van der Waals surface area contributed by atoms with Crippen molar-refractivity contribution in [2.75, 3.05) is 31.7 Å². The Labute approximate surface area is 188 Å². The minimum atomic E-state index is -4.93. The minimum Gasteiger partial charge on any atom is -0.495 e. The molecule has 2 heterocycles. The van der Waals surface area contributed by atoms with Crippen molar-refractivity contribution in [3.8, 4) is 16.9 Å². The zero-order valence-electron chi connectivity index (χ0n) is 18.4. The van der Waals surface area contributed by atoms with E-state index in [-0.39, 0.29) is 36.1 Å². The van der Waals surface area contributed by atoms with Crippen molar-refractivity contribution < 1.29 is 36.2 Å². The van der Waals surface area contributed by atoms with Crippen LogP contribution in [0.15, 0.2) is 30.3 Å². The first kappa shape index (κ1) is 24.9. The highest BCUT2D eigenvalue weighted by molar-refractivity contribution is 5.97. The van der Waals surface area contributed by atoms with Gasteiger partial charge in [0, 0.05) is 23.7 Å². The Morgan fingerprint density at radius 1 is 1.15 bits per heavy atom. The second kappa shape index (κ2) is 10.0. The van der Waals surface area contributed by atoms with Crippen molar-refractivity contribution in [1.82, 2.24) is 5.32 Å². The summed E-state index contributed by atoms with van der Waals surface area (Å²) in [6.07, 6.45) is -4.66. The highest BCUT2D eigenvalue weighted by atomic mass is 19.4. The van der Waals surface area contributed by atoms with Gasteiger partial charge in [0.1, 0.15) is 24.0 Å². The average Bonchev–Trinajstić information content (AvgIpc) is 2.80. The molecule has 0 aromatic heterocycles. The predicted molar refractivity (Wildman–Crippen MR) is 113 cm³/mol. The Morgan fingerprint density at radius 2 is 1.88 bits per heavy atom. The van der Waals surface area contributed by atoms with E-state index in [9.17, 15) is 22.4 Å². The fraction of sp³-hybridized carbons (Fsp3) is 0.435. The maximum Gasteiger partial charge on any atom is 0.419 e. The van der Waals surface area contributed by atoms with Crippen LogP contribution in [0, 0.1) is 11.6 Å². The van der Waals surface area contributed by atoms with Crippen molar-refractivity contribution in [3.05, 3.63) is 47.5 Å². The molecule has 2 aliphatic rings. The van der Waals surface area contributed by atoms with Crippen LogP contribution >= 0.6 is 0 Å². The highest BCUT2D eigenvalue weighted by Gasteiger charge is 2.41. The molecule has 0 aliphatic carbocycles. The number of halogens is 5. The van der Waals surface area contributed by atoms with Gasteiger partial charge < -0.3 is 19.7 Å². The standard InChI is InChI=1S/C21H19F5N2O3.C2H6/c1-30-17-7-12(11-3-2-4-13(20(11)23)21(24,25)26)14(22)8-16(17)28-15-5-6-27-9-18(15)31-10-19(28)29;1-2/h2-4,7-8,15,18,27H,5-6,9-10H2,1H3;1-2H3/t15-,18-;/m1./s1. The van der Waals surface area contributed by atoms with Crippen LogP contribution < -0.4 is 15.0 Å². The molecule has 1 N–H and O–H groups in total. The van der Waals surface area contributed by atoms with Gasteiger partial charge in [-0.25, -0.2) is 8.78 Å². The number of hydrogen-bond donors (Lipinski definition) is 1. The van der Waals surface area contributed by atoms with Crippen LogP contribution in [0.1, 0.15) is 25.8 Å². The summed E-state index contributed by atoms with van der Waals surface area (Å²) in [5, 5.41) is 3.16. The van der Waals surface area contributed by atoms with Gasteiger partial charge in [-0.05, 0) is 25.1 Å². The molecule has 2 atom stereocenters. The summed E-state index contributed by atoms with van der Waals surface area (Å²) in [4.78, 5) is 14.0. The van der Waals surface area contributed by atoms with Gasteiger partial charge in [0.2, 0.25) is 0 Å². The first-order valence-corrected chi connectivity index (χ1v) is 10.6. The van der Waals surface area contributed by atoms with Crippen LogP contribution in [0.3, 0.4) is 0 Å². The molecule has 0 bridgehead atoms. The lowest BCUT2D eigenvalue weighted by molar-refractivity contribution is -0.140. The van der Waals surface area contributed by atoms with Gasteiger partial charge >= 0.3 is 6.18 Å². The molecule has 2 aliphatic heterocycles. The normalized spacial score (nSPS) is 20.6. The topological polar surface area (TPSA) is 50.8 Å². The number of piperidine rings is 1. The summed E-state index contributed by atoms with van der Waals surface area (Å²) >= 11 is 0. The number of ether oxygens (including phenoxy) is 2. The van der Waals surface area contributed by atoms with E-state index in [0.29, 0.717) is 25.6 Å². The van der Waals surface area contributed by atoms with E-state index in [1.54, 1.807) is 0 Å². The van der Waals surface area contributed by atoms with Crippen LogP contribution in [0.4, 0.5) is 27.6 Å². The Hall–Kier alpha value is -2.72.